The Hall–Kier alpha value is -1.52. The summed E-state index contributed by atoms with van der Waals surface area (Å²) in [6.07, 6.45) is 0. The first kappa shape index (κ1) is 24.5. The van der Waals surface area contributed by atoms with Gasteiger partial charge in [-0.3, -0.25) is 4.21 Å². The van der Waals surface area contributed by atoms with Crippen LogP contribution in [0.25, 0.3) is 0 Å². The van der Waals surface area contributed by atoms with Gasteiger partial charge in [0.05, 0.1) is 7.11 Å². The number of methoxy groups -OCH3 is 1. The van der Waals surface area contributed by atoms with E-state index >= 15 is 0 Å². The Morgan fingerprint density at radius 1 is 1.14 bits per heavy atom. The van der Waals surface area contributed by atoms with Gasteiger partial charge in [0.2, 0.25) is 0 Å². The van der Waals surface area contributed by atoms with Gasteiger partial charge in [0.1, 0.15) is 5.75 Å². The van der Waals surface area contributed by atoms with Crippen LogP contribution in [0, 0.1) is 37.6 Å². The second kappa shape index (κ2) is 18.5. The molecule has 0 amide bonds. The van der Waals surface area contributed by atoms with Crippen molar-refractivity contribution < 1.29 is 39.9 Å². The smallest absolute Gasteiger partial charge is 0 e. The number of hydrogen-bond acceptors (Lipinski definition) is 3. The van der Waals surface area contributed by atoms with E-state index in [9.17, 15) is 8.76 Å². The molecule has 0 aliphatic rings. The maximum absolute atomic E-state index is 10.4. The predicted octanol–water partition coefficient (Wildman–Crippen LogP) is 1.46. The molecule has 0 aliphatic heterocycles. The Morgan fingerprint density at radius 2 is 1.57 bits per heavy atom. The van der Waals surface area contributed by atoms with E-state index in [0.717, 1.165) is 0 Å². The molecule has 5 nitrogen and oxygen atoms in total. The van der Waals surface area contributed by atoms with Gasteiger partial charge < -0.3 is 39.6 Å². The predicted molar refractivity (Wildman–Crippen MR) is 65.4 cm³/mol. The molecule has 0 saturated heterocycles. The second-order valence-corrected chi connectivity index (χ2v) is 3.53. The van der Waals surface area contributed by atoms with Gasteiger partial charge in [0.25, 0.3) is 0 Å². The van der Waals surface area contributed by atoms with Crippen molar-refractivity contribution in [2.24, 2.45) is 0 Å². The summed E-state index contributed by atoms with van der Waals surface area (Å²) in [6, 6.07) is 18.2. The zero-order valence-electron chi connectivity index (χ0n) is 10.7. The molecule has 0 aliphatic carbocycles. The summed E-state index contributed by atoms with van der Waals surface area (Å²) in [5.41, 5.74) is 0. The fourth-order valence-electron chi connectivity index (χ4n) is 0.867. The van der Waals surface area contributed by atoms with Crippen LogP contribution >= 0.6 is 0 Å². The van der Waals surface area contributed by atoms with Crippen LogP contribution in [0.2, 0.25) is 0 Å². The van der Waals surface area contributed by atoms with E-state index in [1.165, 1.54) is 19.2 Å². The second-order valence-electron chi connectivity index (χ2n) is 2.59. The first-order valence-corrected chi connectivity index (χ1v) is 5.78. The van der Waals surface area contributed by atoms with Crippen molar-refractivity contribution in [1.82, 2.24) is 0 Å². The number of benzene rings is 1. The van der Waals surface area contributed by atoms with E-state index < -0.39 is 11.1 Å². The molecule has 2 rings (SSSR count). The molecule has 1 atom stereocenters. The largest absolute Gasteiger partial charge is 0.999 e. The fourth-order valence-corrected chi connectivity index (χ4v) is 1.23. The molecule has 0 radical (unpaired) electrons. The number of rotatable bonds is 2. The molecule has 2 aromatic rings. The van der Waals surface area contributed by atoms with E-state index in [4.69, 9.17) is 14.0 Å². The summed E-state index contributed by atoms with van der Waals surface area (Å²) in [5.74, 6) is 0.652. The van der Waals surface area contributed by atoms with Crippen molar-refractivity contribution in [2.75, 3.05) is 7.11 Å². The van der Waals surface area contributed by atoms with Crippen molar-refractivity contribution >= 4 is 11.1 Å². The van der Waals surface area contributed by atoms with Crippen LogP contribution in [-0.4, -0.2) is 15.9 Å². The molecule has 0 spiro atoms. The van der Waals surface area contributed by atoms with E-state index in [2.05, 4.69) is 37.6 Å². The van der Waals surface area contributed by atoms with Crippen molar-refractivity contribution in [1.29, 1.82) is 0 Å². The van der Waals surface area contributed by atoms with E-state index in [-0.39, 0.29) is 22.0 Å². The van der Waals surface area contributed by atoms with Gasteiger partial charge in [-0.2, -0.15) is 0 Å². The third-order valence-electron chi connectivity index (χ3n) is 1.60. The molecule has 0 N–H and O–H groups in total. The zero-order chi connectivity index (χ0) is 15.8. The molecular weight excluding hydrogens is 336 g/mol. The minimum Gasteiger partial charge on any atom is -0.999 e. The molecule has 0 aromatic heterocycles. The minimum atomic E-state index is -2.14. The third kappa shape index (κ3) is 13.2. The Kier molecular flexibility index (Phi) is 21.6. The molecule has 0 heterocycles. The van der Waals surface area contributed by atoms with E-state index in [1.807, 2.05) is 0 Å². The van der Waals surface area contributed by atoms with Crippen molar-refractivity contribution in [3.05, 3.63) is 67.9 Å². The monoisotopic (exact) mass is 344 g/mol. The molecule has 7 heteroatoms. The summed E-state index contributed by atoms with van der Waals surface area (Å²) in [4.78, 5) is 0.269. The topological polar surface area (TPSA) is 89.2 Å². The molecule has 0 fully saturated rings. The quantitative estimate of drug-likeness (QED) is 0.358. The van der Waals surface area contributed by atoms with Crippen LogP contribution in [-0.2, 0) is 37.5 Å². The van der Waals surface area contributed by atoms with Crippen LogP contribution in [0.1, 0.15) is 0 Å². The van der Waals surface area contributed by atoms with Crippen LogP contribution < -0.4 is 4.74 Å². The average Bonchev–Trinajstić information content (AvgIpc) is 3.11. The van der Waals surface area contributed by atoms with Crippen LogP contribution in [0.4, 0.5) is 0 Å². The molecule has 0 bridgehead atoms. The van der Waals surface area contributed by atoms with Gasteiger partial charge in [-0.15, -0.1) is 0 Å². The van der Waals surface area contributed by atoms with Crippen LogP contribution in [0.15, 0.2) is 35.2 Å². The fraction of sp³-hybridized carbons (Fsp3) is 0.0714. The van der Waals surface area contributed by atoms with Gasteiger partial charge in [-0.1, -0.05) is 0 Å². The Morgan fingerprint density at radius 3 is 1.81 bits per heavy atom. The van der Waals surface area contributed by atoms with Gasteiger partial charge in [0.15, 0.2) is 0 Å². The molecule has 2 aromatic carbocycles. The first-order valence-electron chi connectivity index (χ1n) is 4.71. The van der Waals surface area contributed by atoms with Crippen LogP contribution in [0.5, 0.6) is 5.75 Å². The summed E-state index contributed by atoms with van der Waals surface area (Å²) in [7, 11) is 1.53. The number of hydrogen-bond donors (Lipinski definition) is 0. The Bertz CT molecular complexity index is 468. The van der Waals surface area contributed by atoms with Gasteiger partial charge in [-0.05, 0) is 35.3 Å². The molecule has 114 valence electrons. The maximum atomic E-state index is 10.4. The average molecular weight is 344 g/mol. The number of ether oxygens (including phenoxy) is 1. The van der Waals surface area contributed by atoms with E-state index in [0.29, 0.717) is 5.75 Å². The molecular formula is C14H8FeO5S-6. The zero-order valence-corrected chi connectivity index (χ0v) is 12.6. The summed E-state index contributed by atoms with van der Waals surface area (Å²) in [6.45, 7) is 9.00. The molecule has 21 heavy (non-hydrogen) atoms. The summed E-state index contributed by atoms with van der Waals surface area (Å²) in [5, 5.41) is 0. The normalized spacial score (nSPS) is 8.67. The molecule has 1 unspecified atom stereocenters. The van der Waals surface area contributed by atoms with Gasteiger partial charge >= 0.3 is 22.6 Å². The standard InChI is InChI=1S/C7H8O3S.C5H.2CO.Fe/c1-10-6-2-4-7(5-3-6)11(8)9;1-2-4-5-3-1;2*1-2;/h2-5H,1H3,(H,8,9);1H;;;/q;-5;;;/p-1. The molecule has 0 saturated carbocycles. The summed E-state index contributed by atoms with van der Waals surface area (Å²) < 4.78 is 40.6. The van der Waals surface area contributed by atoms with E-state index in [1.54, 1.807) is 18.2 Å². The van der Waals surface area contributed by atoms with Gasteiger partial charge in [-0.25, -0.2) is 0 Å². The maximum Gasteiger partial charge on any atom is 0 e. The Balaban J connectivity index is -0.000000273. The first-order chi connectivity index (χ1) is 9.74. The van der Waals surface area contributed by atoms with Gasteiger partial charge in [0, 0.05) is 22.0 Å². The SMILES string of the molecule is COc1ccc(S(=O)[O-])cc1.[C-]#[O+].[C-]#[O+].[Fe].[c-]1[c-][c-][cH-][c-]1. The van der Waals surface area contributed by atoms with Crippen LogP contribution in [0.3, 0.4) is 0 Å². The van der Waals surface area contributed by atoms with Crippen molar-refractivity contribution in [2.45, 2.75) is 4.90 Å². The van der Waals surface area contributed by atoms with Crippen molar-refractivity contribution in [3.63, 3.8) is 0 Å². The summed E-state index contributed by atoms with van der Waals surface area (Å²) >= 11 is -2.14. The third-order valence-corrected chi connectivity index (χ3v) is 2.26. The van der Waals surface area contributed by atoms with Crippen molar-refractivity contribution in [3.8, 4) is 5.75 Å². The Labute approximate surface area is 136 Å². The minimum absolute atomic E-state index is 0.